The summed E-state index contributed by atoms with van der Waals surface area (Å²) in [5.41, 5.74) is 4.73. The number of nitrogens with one attached hydrogen (secondary N) is 2. The van der Waals surface area contributed by atoms with E-state index < -0.39 is 0 Å². The summed E-state index contributed by atoms with van der Waals surface area (Å²) in [4.78, 5) is 4.75. The number of benzene rings is 1. The molecule has 0 unspecified atom stereocenters. The van der Waals surface area contributed by atoms with Gasteiger partial charge in [0.2, 0.25) is 0 Å². The summed E-state index contributed by atoms with van der Waals surface area (Å²) in [5, 5.41) is 11.4. The Morgan fingerprint density at radius 1 is 1.21 bits per heavy atom. The Bertz CT molecular complexity index is 794. The molecular formula is C22H33N5O. The molecule has 1 aromatic carbocycles. The maximum atomic E-state index is 5.73. The molecule has 2 N–H and O–H groups in total. The number of hydrogen-bond acceptors (Lipinski definition) is 3. The van der Waals surface area contributed by atoms with E-state index in [2.05, 4.69) is 43.1 Å². The summed E-state index contributed by atoms with van der Waals surface area (Å²) >= 11 is 0. The van der Waals surface area contributed by atoms with Gasteiger partial charge in [-0.15, -0.1) is 0 Å². The predicted molar refractivity (Wildman–Crippen MR) is 116 cm³/mol. The first-order chi connectivity index (χ1) is 13.6. The second kappa shape index (κ2) is 11.2. The van der Waals surface area contributed by atoms with E-state index in [9.17, 15) is 0 Å². The van der Waals surface area contributed by atoms with Crippen molar-refractivity contribution in [1.82, 2.24) is 20.4 Å². The van der Waals surface area contributed by atoms with Gasteiger partial charge in [-0.2, -0.15) is 5.10 Å². The Kier molecular flexibility index (Phi) is 8.59. The van der Waals surface area contributed by atoms with E-state index in [-0.39, 0.29) is 0 Å². The highest BCUT2D eigenvalue weighted by Gasteiger charge is 2.14. The third-order valence-electron chi connectivity index (χ3n) is 4.54. The van der Waals surface area contributed by atoms with Crippen LogP contribution in [-0.2, 0) is 33.0 Å². The van der Waals surface area contributed by atoms with Gasteiger partial charge in [0.05, 0.1) is 12.2 Å². The minimum atomic E-state index is 0.486. The SMILES string of the molecule is C=CCOc1ccccc1CN=C(NCC)NCc1c(CC)nn(C)c1CC. The molecule has 6 heteroatoms. The lowest BCUT2D eigenvalue weighted by Gasteiger charge is -2.13. The first-order valence-electron chi connectivity index (χ1n) is 10.0. The van der Waals surface area contributed by atoms with Gasteiger partial charge in [-0.3, -0.25) is 4.68 Å². The molecule has 0 aliphatic heterocycles. The smallest absolute Gasteiger partial charge is 0.191 e. The second-order valence-corrected chi connectivity index (χ2v) is 6.46. The number of aromatic nitrogens is 2. The maximum absolute atomic E-state index is 5.73. The normalized spacial score (nSPS) is 11.4. The van der Waals surface area contributed by atoms with E-state index in [1.165, 1.54) is 11.3 Å². The fourth-order valence-electron chi connectivity index (χ4n) is 3.20. The average molecular weight is 384 g/mol. The lowest BCUT2D eigenvalue weighted by atomic mass is 10.1. The summed E-state index contributed by atoms with van der Waals surface area (Å²) in [5.74, 6) is 1.63. The summed E-state index contributed by atoms with van der Waals surface area (Å²) < 4.78 is 7.73. The quantitative estimate of drug-likeness (QED) is 0.375. The van der Waals surface area contributed by atoms with Crippen molar-refractivity contribution in [2.45, 2.75) is 46.7 Å². The molecule has 0 fully saturated rings. The summed E-state index contributed by atoms with van der Waals surface area (Å²) in [6.45, 7) is 12.6. The van der Waals surface area contributed by atoms with Crippen LogP contribution in [0.3, 0.4) is 0 Å². The Hall–Kier alpha value is -2.76. The zero-order valence-electron chi connectivity index (χ0n) is 17.6. The topological polar surface area (TPSA) is 63.5 Å². The van der Waals surface area contributed by atoms with Crippen molar-refractivity contribution in [1.29, 1.82) is 0 Å². The molecular weight excluding hydrogens is 350 g/mol. The Morgan fingerprint density at radius 3 is 2.68 bits per heavy atom. The first kappa shape index (κ1) is 21.5. The molecule has 0 aliphatic carbocycles. The number of rotatable bonds is 10. The van der Waals surface area contributed by atoms with Gasteiger partial charge in [0.1, 0.15) is 12.4 Å². The molecule has 6 nitrogen and oxygen atoms in total. The maximum Gasteiger partial charge on any atom is 0.191 e. The van der Waals surface area contributed by atoms with Gasteiger partial charge < -0.3 is 15.4 Å². The Morgan fingerprint density at radius 2 is 2.00 bits per heavy atom. The number of aryl methyl sites for hydroxylation is 2. The highest BCUT2D eigenvalue weighted by Crippen LogP contribution is 2.19. The zero-order valence-corrected chi connectivity index (χ0v) is 17.6. The number of guanidine groups is 1. The highest BCUT2D eigenvalue weighted by atomic mass is 16.5. The van der Waals surface area contributed by atoms with Crippen LogP contribution >= 0.6 is 0 Å². The van der Waals surface area contributed by atoms with E-state index in [0.717, 1.165) is 42.4 Å². The van der Waals surface area contributed by atoms with Crippen molar-refractivity contribution in [3.8, 4) is 5.75 Å². The van der Waals surface area contributed by atoms with Crippen molar-refractivity contribution >= 4 is 5.96 Å². The Labute approximate surface area is 168 Å². The Balaban J connectivity index is 2.13. The lowest BCUT2D eigenvalue weighted by molar-refractivity contribution is 0.359. The summed E-state index contributed by atoms with van der Waals surface area (Å²) in [6.07, 6.45) is 3.63. The molecule has 0 bridgehead atoms. The fraction of sp³-hybridized carbons (Fsp3) is 0.455. The van der Waals surface area contributed by atoms with Gasteiger partial charge in [-0.25, -0.2) is 4.99 Å². The van der Waals surface area contributed by atoms with Gasteiger partial charge in [-0.1, -0.05) is 44.7 Å². The number of para-hydroxylation sites is 1. The number of nitrogens with zero attached hydrogens (tertiary/aromatic N) is 3. The standard InChI is InChI=1S/C22H33N5O/c1-6-14-28-21-13-11-10-12-17(21)15-24-22(23-9-4)25-16-18-19(7-2)26-27(5)20(18)8-3/h6,10-13H,1,7-9,14-16H2,2-5H3,(H2,23,24,25). The van der Waals surface area contributed by atoms with Gasteiger partial charge >= 0.3 is 0 Å². The third-order valence-corrected chi connectivity index (χ3v) is 4.54. The van der Waals surface area contributed by atoms with Crippen LogP contribution in [0.25, 0.3) is 0 Å². The molecule has 0 atom stereocenters. The van der Waals surface area contributed by atoms with Crippen LogP contribution in [0.4, 0.5) is 0 Å². The lowest BCUT2D eigenvalue weighted by Crippen LogP contribution is -2.37. The van der Waals surface area contributed by atoms with Crippen molar-refractivity contribution < 1.29 is 4.74 Å². The minimum absolute atomic E-state index is 0.486. The molecule has 0 saturated carbocycles. The molecule has 28 heavy (non-hydrogen) atoms. The van der Waals surface area contributed by atoms with Gasteiger partial charge in [0.15, 0.2) is 5.96 Å². The van der Waals surface area contributed by atoms with Gasteiger partial charge in [0.25, 0.3) is 0 Å². The predicted octanol–water partition coefficient (Wildman–Crippen LogP) is 3.37. The monoisotopic (exact) mass is 383 g/mol. The van der Waals surface area contributed by atoms with Crippen molar-refractivity contribution in [3.05, 3.63) is 59.4 Å². The van der Waals surface area contributed by atoms with Crippen LogP contribution in [0.15, 0.2) is 41.9 Å². The van der Waals surface area contributed by atoms with E-state index in [1.807, 2.05) is 36.0 Å². The van der Waals surface area contributed by atoms with Crippen LogP contribution in [0.5, 0.6) is 5.75 Å². The molecule has 2 aromatic rings. The zero-order chi connectivity index (χ0) is 20.4. The highest BCUT2D eigenvalue weighted by molar-refractivity contribution is 5.79. The van der Waals surface area contributed by atoms with Crippen LogP contribution in [0.2, 0.25) is 0 Å². The first-order valence-corrected chi connectivity index (χ1v) is 10.0. The minimum Gasteiger partial charge on any atom is -0.489 e. The van der Waals surface area contributed by atoms with Crippen LogP contribution in [0, 0.1) is 0 Å². The van der Waals surface area contributed by atoms with E-state index in [0.29, 0.717) is 19.7 Å². The molecule has 0 spiro atoms. The fourth-order valence-corrected chi connectivity index (χ4v) is 3.20. The molecule has 2 rings (SSSR count). The van der Waals surface area contributed by atoms with Crippen molar-refractivity contribution in [2.75, 3.05) is 13.2 Å². The van der Waals surface area contributed by atoms with Gasteiger partial charge in [0, 0.05) is 37.0 Å². The van der Waals surface area contributed by atoms with Crippen LogP contribution in [0.1, 0.15) is 43.3 Å². The van der Waals surface area contributed by atoms with E-state index >= 15 is 0 Å². The molecule has 1 heterocycles. The van der Waals surface area contributed by atoms with Crippen molar-refractivity contribution in [3.63, 3.8) is 0 Å². The van der Waals surface area contributed by atoms with E-state index in [4.69, 9.17) is 9.73 Å². The average Bonchev–Trinajstić information content (AvgIpc) is 3.03. The van der Waals surface area contributed by atoms with Gasteiger partial charge in [-0.05, 0) is 25.8 Å². The van der Waals surface area contributed by atoms with Crippen LogP contribution < -0.4 is 15.4 Å². The summed E-state index contributed by atoms with van der Waals surface area (Å²) in [7, 11) is 2.01. The van der Waals surface area contributed by atoms with Crippen molar-refractivity contribution in [2.24, 2.45) is 12.0 Å². The number of hydrogen-bond donors (Lipinski definition) is 2. The molecule has 0 aliphatic rings. The molecule has 152 valence electrons. The number of aliphatic imine (C=N–C) groups is 1. The molecule has 0 saturated heterocycles. The van der Waals surface area contributed by atoms with E-state index in [1.54, 1.807) is 6.08 Å². The van der Waals surface area contributed by atoms with Crippen LogP contribution in [-0.4, -0.2) is 28.9 Å². The molecule has 0 amide bonds. The number of ether oxygens (including phenoxy) is 1. The molecule has 0 radical (unpaired) electrons. The second-order valence-electron chi connectivity index (χ2n) is 6.46. The molecule has 1 aromatic heterocycles. The third kappa shape index (κ3) is 5.62. The largest absolute Gasteiger partial charge is 0.489 e. The summed E-state index contributed by atoms with van der Waals surface area (Å²) in [6, 6.07) is 7.97.